The Bertz CT molecular complexity index is 469. The van der Waals surface area contributed by atoms with Gasteiger partial charge in [0.15, 0.2) is 0 Å². The number of aromatic nitrogens is 2. The maximum atomic E-state index is 11.0. The number of hydrogen-bond donors (Lipinski definition) is 2. The smallest absolute Gasteiger partial charge is 0.308 e. The van der Waals surface area contributed by atoms with Gasteiger partial charge in [0, 0.05) is 12.2 Å². The molecule has 1 saturated carbocycles. The summed E-state index contributed by atoms with van der Waals surface area (Å²) in [5.74, 6) is -0.872. The first-order chi connectivity index (χ1) is 8.20. The van der Waals surface area contributed by atoms with Crippen molar-refractivity contribution in [2.45, 2.75) is 25.3 Å². The van der Waals surface area contributed by atoms with Crippen LogP contribution in [0.1, 0.15) is 25.0 Å². The fraction of sp³-hybridized carbons (Fsp3) is 0.455. The second kappa shape index (κ2) is 4.78. The molecule has 0 saturated heterocycles. The molecule has 0 amide bonds. The van der Waals surface area contributed by atoms with Gasteiger partial charge in [-0.1, -0.05) is 6.42 Å². The molecule has 6 heteroatoms. The van der Waals surface area contributed by atoms with Crippen LogP contribution < -0.4 is 5.32 Å². The van der Waals surface area contributed by atoms with E-state index in [9.17, 15) is 4.79 Å². The monoisotopic (exact) mass is 232 g/mol. The molecule has 2 rings (SSSR count). The summed E-state index contributed by atoms with van der Waals surface area (Å²) in [4.78, 5) is 18.9. The highest BCUT2D eigenvalue weighted by Crippen LogP contribution is 2.27. The average Bonchev–Trinajstić information content (AvgIpc) is 2.77. The number of hydrogen-bond acceptors (Lipinski definition) is 5. The van der Waals surface area contributed by atoms with Gasteiger partial charge in [-0.2, -0.15) is 5.26 Å². The molecule has 1 fully saturated rings. The third kappa shape index (κ3) is 2.50. The van der Waals surface area contributed by atoms with Crippen molar-refractivity contribution in [3.05, 3.63) is 18.0 Å². The van der Waals surface area contributed by atoms with Gasteiger partial charge in [0.2, 0.25) is 5.95 Å². The molecule has 0 aliphatic heterocycles. The number of carboxylic acid groups (broad SMARTS) is 1. The summed E-state index contributed by atoms with van der Waals surface area (Å²) >= 11 is 0. The molecule has 2 atom stereocenters. The quantitative estimate of drug-likeness (QED) is 0.807. The van der Waals surface area contributed by atoms with E-state index >= 15 is 0 Å². The second-order valence-electron chi connectivity index (χ2n) is 4.00. The largest absolute Gasteiger partial charge is 0.481 e. The number of rotatable bonds is 3. The SMILES string of the molecule is N#Cc1ccnc(NC2CCCC2C(=O)O)n1. The first-order valence-electron chi connectivity index (χ1n) is 5.43. The minimum Gasteiger partial charge on any atom is -0.481 e. The molecule has 1 aliphatic rings. The minimum atomic E-state index is -0.795. The Balaban J connectivity index is 2.10. The lowest BCUT2D eigenvalue weighted by molar-refractivity contribution is -0.141. The summed E-state index contributed by atoms with van der Waals surface area (Å²) in [6.45, 7) is 0. The third-order valence-corrected chi connectivity index (χ3v) is 2.92. The molecule has 0 radical (unpaired) electrons. The fourth-order valence-corrected chi connectivity index (χ4v) is 2.08. The highest BCUT2D eigenvalue weighted by atomic mass is 16.4. The first-order valence-corrected chi connectivity index (χ1v) is 5.43. The van der Waals surface area contributed by atoms with Gasteiger partial charge < -0.3 is 10.4 Å². The van der Waals surface area contributed by atoms with Gasteiger partial charge in [0.1, 0.15) is 11.8 Å². The maximum Gasteiger partial charge on any atom is 0.308 e. The van der Waals surface area contributed by atoms with Crippen molar-refractivity contribution < 1.29 is 9.90 Å². The van der Waals surface area contributed by atoms with E-state index in [1.54, 1.807) is 0 Å². The van der Waals surface area contributed by atoms with Gasteiger partial charge in [-0.3, -0.25) is 4.79 Å². The Morgan fingerprint density at radius 2 is 2.41 bits per heavy atom. The van der Waals surface area contributed by atoms with Crippen LogP contribution in [-0.4, -0.2) is 27.1 Å². The summed E-state index contributed by atoms with van der Waals surface area (Å²) < 4.78 is 0. The summed E-state index contributed by atoms with van der Waals surface area (Å²) in [6, 6.07) is 3.28. The zero-order valence-corrected chi connectivity index (χ0v) is 9.13. The standard InChI is InChI=1S/C11H12N4O2/c12-6-7-4-5-13-11(14-7)15-9-3-1-2-8(9)10(16)17/h4-5,8-9H,1-3H2,(H,16,17)(H,13,14,15). The van der Waals surface area contributed by atoms with Crippen molar-refractivity contribution >= 4 is 11.9 Å². The van der Waals surface area contributed by atoms with Gasteiger partial charge in [0.05, 0.1) is 5.92 Å². The molecule has 1 aliphatic carbocycles. The zero-order chi connectivity index (χ0) is 12.3. The molecule has 2 unspecified atom stereocenters. The first kappa shape index (κ1) is 11.3. The lowest BCUT2D eigenvalue weighted by Crippen LogP contribution is -2.30. The number of nitriles is 1. The predicted octanol–water partition coefficient (Wildman–Crippen LogP) is 1.01. The fourth-order valence-electron chi connectivity index (χ4n) is 2.08. The maximum absolute atomic E-state index is 11.0. The molecular weight excluding hydrogens is 220 g/mol. The molecule has 1 heterocycles. The molecule has 0 spiro atoms. The topological polar surface area (TPSA) is 98.9 Å². The van der Waals surface area contributed by atoms with E-state index in [2.05, 4.69) is 15.3 Å². The zero-order valence-electron chi connectivity index (χ0n) is 9.13. The van der Waals surface area contributed by atoms with Crippen LogP contribution in [0.3, 0.4) is 0 Å². The molecule has 6 nitrogen and oxygen atoms in total. The van der Waals surface area contributed by atoms with Gasteiger partial charge in [-0.15, -0.1) is 0 Å². The summed E-state index contributed by atoms with van der Waals surface area (Å²) in [7, 11) is 0. The van der Waals surface area contributed by atoms with Crippen LogP contribution in [-0.2, 0) is 4.79 Å². The van der Waals surface area contributed by atoms with E-state index in [4.69, 9.17) is 10.4 Å². The Hall–Kier alpha value is -2.16. The van der Waals surface area contributed by atoms with E-state index in [0.29, 0.717) is 12.4 Å². The lowest BCUT2D eigenvalue weighted by Gasteiger charge is -2.17. The predicted molar refractivity (Wildman–Crippen MR) is 59.1 cm³/mol. The molecule has 0 bridgehead atoms. The highest BCUT2D eigenvalue weighted by Gasteiger charge is 2.33. The molecule has 2 N–H and O–H groups in total. The van der Waals surface area contributed by atoms with E-state index in [-0.39, 0.29) is 11.7 Å². The highest BCUT2D eigenvalue weighted by molar-refractivity contribution is 5.72. The molecule has 88 valence electrons. The van der Waals surface area contributed by atoms with E-state index in [1.165, 1.54) is 12.3 Å². The van der Waals surface area contributed by atoms with E-state index in [1.807, 2.05) is 6.07 Å². The van der Waals surface area contributed by atoms with Crippen LogP contribution in [0.2, 0.25) is 0 Å². The Morgan fingerprint density at radius 3 is 3.12 bits per heavy atom. The van der Waals surface area contributed by atoms with Gasteiger partial charge in [-0.05, 0) is 18.9 Å². The minimum absolute atomic E-state index is 0.151. The van der Waals surface area contributed by atoms with E-state index < -0.39 is 11.9 Å². The molecular formula is C11H12N4O2. The summed E-state index contributed by atoms with van der Waals surface area (Å²) in [5, 5.41) is 20.7. The van der Waals surface area contributed by atoms with E-state index in [0.717, 1.165) is 12.8 Å². The summed E-state index contributed by atoms with van der Waals surface area (Å²) in [6.07, 6.45) is 3.83. The van der Waals surface area contributed by atoms with Crippen molar-refractivity contribution in [1.29, 1.82) is 5.26 Å². The normalized spacial score (nSPS) is 23.0. The van der Waals surface area contributed by atoms with Crippen LogP contribution in [0.15, 0.2) is 12.3 Å². The van der Waals surface area contributed by atoms with Gasteiger partial charge in [0.25, 0.3) is 0 Å². The lowest BCUT2D eigenvalue weighted by atomic mass is 10.0. The molecule has 1 aromatic rings. The molecule has 17 heavy (non-hydrogen) atoms. The second-order valence-corrected chi connectivity index (χ2v) is 4.00. The number of aliphatic carboxylic acids is 1. The van der Waals surface area contributed by atoms with Crippen LogP contribution in [0, 0.1) is 17.2 Å². The third-order valence-electron chi connectivity index (χ3n) is 2.92. The Morgan fingerprint density at radius 1 is 1.59 bits per heavy atom. The van der Waals surface area contributed by atoms with Crippen molar-refractivity contribution in [3.8, 4) is 6.07 Å². The number of nitrogens with one attached hydrogen (secondary N) is 1. The van der Waals surface area contributed by atoms with Crippen LogP contribution in [0.5, 0.6) is 0 Å². The number of carbonyl (C=O) groups is 1. The Kier molecular flexibility index (Phi) is 3.19. The van der Waals surface area contributed by atoms with Crippen LogP contribution >= 0.6 is 0 Å². The van der Waals surface area contributed by atoms with Crippen molar-refractivity contribution in [2.24, 2.45) is 5.92 Å². The Labute approximate surface area is 98.3 Å². The van der Waals surface area contributed by atoms with Crippen LogP contribution in [0.25, 0.3) is 0 Å². The van der Waals surface area contributed by atoms with Crippen molar-refractivity contribution in [3.63, 3.8) is 0 Å². The number of carboxylic acids is 1. The van der Waals surface area contributed by atoms with Gasteiger partial charge >= 0.3 is 5.97 Å². The number of nitrogens with zero attached hydrogens (tertiary/aromatic N) is 3. The average molecular weight is 232 g/mol. The number of anilines is 1. The molecule has 1 aromatic heterocycles. The van der Waals surface area contributed by atoms with Gasteiger partial charge in [-0.25, -0.2) is 9.97 Å². The van der Waals surface area contributed by atoms with Crippen molar-refractivity contribution in [2.75, 3.05) is 5.32 Å². The van der Waals surface area contributed by atoms with Crippen LogP contribution in [0.4, 0.5) is 5.95 Å². The summed E-state index contributed by atoms with van der Waals surface area (Å²) in [5.41, 5.74) is 0.271. The molecule has 0 aromatic carbocycles. The van der Waals surface area contributed by atoms with Crippen molar-refractivity contribution in [1.82, 2.24) is 9.97 Å².